The van der Waals surface area contributed by atoms with Gasteiger partial charge in [-0.25, -0.2) is 8.42 Å². The molecule has 1 N–H and O–H groups in total. The van der Waals surface area contributed by atoms with Crippen molar-refractivity contribution in [2.75, 3.05) is 42.9 Å². The molecule has 4 rings (SSSR count). The zero-order chi connectivity index (χ0) is 29.1. The quantitative estimate of drug-likeness (QED) is 0.245. The van der Waals surface area contributed by atoms with Crippen LogP contribution in [0, 0.1) is 20.3 Å². The Morgan fingerprint density at radius 3 is 2.52 bits per heavy atom. The van der Waals surface area contributed by atoms with Crippen LogP contribution in [0.15, 0.2) is 89.9 Å². The van der Waals surface area contributed by atoms with Crippen molar-refractivity contribution in [1.82, 2.24) is 5.32 Å². The van der Waals surface area contributed by atoms with Crippen LogP contribution in [0.5, 0.6) is 0 Å². The Labute approximate surface area is 243 Å². The zero-order valence-corrected chi connectivity index (χ0v) is 25.7. The molecule has 2 aromatic rings. The van der Waals surface area contributed by atoms with Gasteiger partial charge in [-0.3, -0.25) is 4.31 Å². The van der Waals surface area contributed by atoms with Crippen molar-refractivity contribution in [2.45, 2.75) is 57.3 Å². The molecule has 0 saturated heterocycles. The molecule has 1 aliphatic heterocycles. The highest BCUT2D eigenvalue weighted by Gasteiger charge is 2.33. The van der Waals surface area contributed by atoms with Crippen molar-refractivity contribution in [3.63, 3.8) is 0 Å². The molecule has 6 heteroatoms. The molecule has 1 unspecified atom stereocenters. The number of allylic oxidation sites excluding steroid dienone is 7. The first-order valence-corrected chi connectivity index (χ1v) is 15.7. The number of nitrogens with one attached hydrogen (secondary N) is 1. The molecule has 1 atom stereocenters. The number of likely N-dealkylation sites (N-methyl/N-ethyl adjacent to an activating group) is 2. The Balaban J connectivity index is 0.00000141. The van der Waals surface area contributed by atoms with Crippen molar-refractivity contribution < 1.29 is 8.42 Å². The summed E-state index contributed by atoms with van der Waals surface area (Å²) in [6, 6.07) is 12.0. The van der Waals surface area contributed by atoms with Gasteiger partial charge in [-0.15, -0.1) is 6.58 Å². The lowest BCUT2D eigenvalue weighted by Gasteiger charge is -2.37. The Bertz CT molecular complexity index is 1340. The smallest absolute Gasteiger partial charge is 0.264 e. The number of benzene rings is 2. The molecular weight excluding hydrogens is 514 g/mol. The van der Waals surface area contributed by atoms with Crippen LogP contribution in [0.3, 0.4) is 0 Å². The third-order valence-electron chi connectivity index (χ3n) is 7.44. The Morgan fingerprint density at radius 2 is 1.77 bits per heavy atom. The van der Waals surface area contributed by atoms with Crippen LogP contribution in [0.2, 0.25) is 0 Å². The van der Waals surface area contributed by atoms with Crippen LogP contribution >= 0.6 is 0 Å². The minimum atomic E-state index is -3.70. The third-order valence-corrected chi connectivity index (χ3v) is 9.38. The lowest BCUT2D eigenvalue weighted by molar-refractivity contribution is 0.543. The fraction of sp³-hybridized carbons (Fsp3) is 0.382. The molecule has 0 fully saturated rings. The van der Waals surface area contributed by atoms with Crippen molar-refractivity contribution in [2.24, 2.45) is 0 Å². The average Bonchev–Trinajstić information content (AvgIpc) is 3.21. The number of nitrogens with zero attached hydrogens (tertiary/aromatic N) is 2. The SMILES string of the molecule is C=CC.CNCC(CCCCC1=CC=CC=C[CH]1)c1ccc(C)c(S(=O)(=O)N2CCN(C)c3cccc(C)c32)c1. The summed E-state index contributed by atoms with van der Waals surface area (Å²) in [6.07, 6.45) is 18.7. The first-order chi connectivity index (χ1) is 19.2. The maximum absolute atomic E-state index is 14.1. The minimum Gasteiger partial charge on any atom is -0.371 e. The monoisotopic (exact) mass is 560 g/mol. The number of sulfonamides is 1. The highest BCUT2D eigenvalue weighted by atomic mass is 32.2. The summed E-state index contributed by atoms with van der Waals surface area (Å²) in [5, 5.41) is 3.33. The van der Waals surface area contributed by atoms with E-state index in [2.05, 4.69) is 59.7 Å². The van der Waals surface area contributed by atoms with Gasteiger partial charge in [0.25, 0.3) is 10.0 Å². The van der Waals surface area contributed by atoms with Gasteiger partial charge < -0.3 is 10.2 Å². The summed E-state index contributed by atoms with van der Waals surface area (Å²) < 4.78 is 29.8. The van der Waals surface area contributed by atoms with E-state index in [1.54, 1.807) is 10.4 Å². The average molecular weight is 561 g/mol. The molecule has 215 valence electrons. The molecule has 5 nitrogen and oxygen atoms in total. The third kappa shape index (κ3) is 7.76. The molecule has 2 aliphatic rings. The summed E-state index contributed by atoms with van der Waals surface area (Å²) in [5.74, 6) is 0.257. The molecule has 0 spiro atoms. The number of aryl methyl sites for hydroxylation is 2. The van der Waals surface area contributed by atoms with E-state index < -0.39 is 10.0 Å². The topological polar surface area (TPSA) is 52.7 Å². The van der Waals surface area contributed by atoms with E-state index in [0.29, 0.717) is 18.0 Å². The molecule has 2 aromatic carbocycles. The maximum atomic E-state index is 14.1. The number of anilines is 2. The summed E-state index contributed by atoms with van der Waals surface area (Å²) in [4.78, 5) is 2.55. The van der Waals surface area contributed by atoms with Gasteiger partial charge in [-0.1, -0.05) is 72.7 Å². The van der Waals surface area contributed by atoms with Gasteiger partial charge in [0.05, 0.1) is 22.8 Å². The Morgan fingerprint density at radius 1 is 1.02 bits per heavy atom. The molecule has 1 radical (unpaired) electrons. The second-order valence-electron chi connectivity index (χ2n) is 10.6. The number of hydrogen-bond acceptors (Lipinski definition) is 4. The van der Waals surface area contributed by atoms with Crippen molar-refractivity contribution in [3.8, 4) is 0 Å². The standard InChI is InChI=1S/C31H40N3O2S.C3H6/c1-24-18-19-27(28(23-32-3)16-10-9-15-26-13-7-5-6-8-14-26)22-30(24)37(35,36)34-21-20-33(4)29-17-11-12-25(2)31(29)34;1-3-2/h5-8,11-14,17-19,22,28,32H,9-10,15-16,20-21,23H2,1-4H3;3H,1H2,2H3. The lowest BCUT2D eigenvalue weighted by Crippen LogP contribution is -2.43. The minimum absolute atomic E-state index is 0.257. The van der Waals surface area contributed by atoms with Crippen LogP contribution in [-0.2, 0) is 10.0 Å². The second-order valence-corrected chi connectivity index (χ2v) is 12.4. The fourth-order valence-corrected chi connectivity index (χ4v) is 7.12. The van der Waals surface area contributed by atoms with E-state index in [0.717, 1.165) is 60.3 Å². The van der Waals surface area contributed by atoms with Crippen LogP contribution in [0.1, 0.15) is 55.2 Å². The predicted molar refractivity (Wildman–Crippen MR) is 172 cm³/mol. The highest BCUT2D eigenvalue weighted by molar-refractivity contribution is 7.93. The maximum Gasteiger partial charge on any atom is 0.264 e. The van der Waals surface area contributed by atoms with E-state index in [-0.39, 0.29) is 5.92 Å². The summed E-state index contributed by atoms with van der Waals surface area (Å²) in [7, 11) is 0.283. The number of unbranched alkanes of at least 4 members (excludes halogenated alkanes) is 1. The van der Waals surface area contributed by atoms with Gasteiger partial charge in [-0.2, -0.15) is 0 Å². The molecule has 0 aromatic heterocycles. The number of para-hydroxylation sites is 1. The number of fused-ring (bicyclic) bond motifs is 1. The zero-order valence-electron chi connectivity index (χ0n) is 24.9. The van der Waals surface area contributed by atoms with E-state index in [4.69, 9.17) is 0 Å². The molecule has 0 bridgehead atoms. The van der Waals surface area contributed by atoms with Gasteiger partial charge in [0.2, 0.25) is 0 Å². The second kappa shape index (κ2) is 15.1. The first kappa shape index (κ1) is 31.4. The Hall–Kier alpha value is -3.09. The number of hydrogen-bond donors (Lipinski definition) is 1. The van der Waals surface area contributed by atoms with Crippen LogP contribution in [-0.4, -0.2) is 42.1 Å². The largest absolute Gasteiger partial charge is 0.371 e. The van der Waals surface area contributed by atoms with Gasteiger partial charge >= 0.3 is 0 Å². The first-order valence-electron chi connectivity index (χ1n) is 14.3. The van der Waals surface area contributed by atoms with E-state index in [1.165, 1.54) is 5.57 Å². The fourth-order valence-electron chi connectivity index (χ4n) is 5.32. The van der Waals surface area contributed by atoms with E-state index in [9.17, 15) is 8.42 Å². The molecular formula is C34H46N3O2S. The normalized spacial score (nSPS) is 15.5. The summed E-state index contributed by atoms with van der Waals surface area (Å²) in [6.45, 7) is 11.1. The van der Waals surface area contributed by atoms with E-state index in [1.807, 2.05) is 65.2 Å². The number of rotatable bonds is 10. The molecule has 1 heterocycles. The van der Waals surface area contributed by atoms with Gasteiger partial charge in [-0.05, 0) is 81.8 Å². The highest BCUT2D eigenvalue weighted by Crippen LogP contribution is 2.39. The summed E-state index contributed by atoms with van der Waals surface area (Å²) in [5.41, 5.74) is 5.95. The van der Waals surface area contributed by atoms with Crippen molar-refractivity contribution >= 4 is 21.4 Å². The Kier molecular flexibility index (Phi) is 11.8. The van der Waals surface area contributed by atoms with Gasteiger partial charge in [0, 0.05) is 26.6 Å². The lowest BCUT2D eigenvalue weighted by atomic mass is 9.91. The van der Waals surface area contributed by atoms with Gasteiger partial charge in [0.1, 0.15) is 0 Å². The molecule has 1 aliphatic carbocycles. The van der Waals surface area contributed by atoms with Gasteiger partial charge in [0.15, 0.2) is 0 Å². The van der Waals surface area contributed by atoms with Crippen LogP contribution in [0.4, 0.5) is 11.4 Å². The van der Waals surface area contributed by atoms with Crippen LogP contribution in [0.25, 0.3) is 0 Å². The molecule has 0 saturated carbocycles. The van der Waals surface area contributed by atoms with Crippen molar-refractivity contribution in [1.29, 1.82) is 0 Å². The van der Waals surface area contributed by atoms with Crippen molar-refractivity contribution in [3.05, 3.63) is 108 Å². The molecule has 40 heavy (non-hydrogen) atoms. The molecule has 0 amide bonds. The predicted octanol–water partition coefficient (Wildman–Crippen LogP) is 7.26. The summed E-state index contributed by atoms with van der Waals surface area (Å²) >= 11 is 0. The van der Waals surface area contributed by atoms with E-state index >= 15 is 0 Å². The van der Waals surface area contributed by atoms with Crippen LogP contribution < -0.4 is 14.5 Å².